The Morgan fingerprint density at radius 3 is 2.76 bits per heavy atom. The average Bonchev–Trinajstić information content (AvgIpc) is 2.47. The number of rotatable bonds is 3. The van der Waals surface area contributed by atoms with Gasteiger partial charge in [-0.25, -0.2) is 0 Å². The van der Waals surface area contributed by atoms with Crippen molar-refractivity contribution in [3.63, 3.8) is 0 Å². The van der Waals surface area contributed by atoms with Crippen LogP contribution in [-0.2, 0) is 0 Å². The molecule has 0 spiro atoms. The van der Waals surface area contributed by atoms with E-state index >= 15 is 0 Å². The topological polar surface area (TPSA) is 47.0 Å². The number of methoxy groups -OCH3 is 1. The zero-order chi connectivity index (χ0) is 14.8. The highest BCUT2D eigenvalue weighted by Crippen LogP contribution is 2.27. The van der Waals surface area contributed by atoms with Crippen LogP contribution >= 0.6 is 15.9 Å². The van der Waals surface area contributed by atoms with Gasteiger partial charge in [0.25, 0.3) is 0 Å². The van der Waals surface area contributed by atoms with Crippen molar-refractivity contribution in [1.29, 1.82) is 0 Å². The highest BCUT2D eigenvalue weighted by molar-refractivity contribution is 9.10. The lowest BCUT2D eigenvalue weighted by Gasteiger charge is -2.11. The molecule has 0 aliphatic heterocycles. The number of ether oxygens (including phenoxy) is 1. The van der Waals surface area contributed by atoms with Crippen molar-refractivity contribution in [1.82, 2.24) is 9.97 Å². The molecule has 0 fully saturated rings. The van der Waals surface area contributed by atoms with E-state index in [0.717, 1.165) is 38.2 Å². The minimum absolute atomic E-state index is 0.842. The molecule has 0 saturated heterocycles. The maximum atomic E-state index is 5.28. The van der Waals surface area contributed by atoms with E-state index in [1.165, 1.54) is 0 Å². The lowest BCUT2D eigenvalue weighted by atomic mass is 10.2. The Balaban J connectivity index is 2.00. The van der Waals surface area contributed by atoms with Crippen LogP contribution in [0.15, 0.2) is 47.2 Å². The SMILES string of the molecule is COc1ccc(Nc2ccnc3cc(Br)cnc23)cc1C. The second-order valence-electron chi connectivity index (χ2n) is 4.69. The van der Waals surface area contributed by atoms with Crippen molar-refractivity contribution in [2.24, 2.45) is 0 Å². The smallest absolute Gasteiger partial charge is 0.121 e. The van der Waals surface area contributed by atoms with E-state index in [9.17, 15) is 0 Å². The van der Waals surface area contributed by atoms with Gasteiger partial charge in [-0.05, 0) is 58.7 Å². The summed E-state index contributed by atoms with van der Waals surface area (Å²) in [6.45, 7) is 2.02. The third-order valence-electron chi connectivity index (χ3n) is 3.22. The quantitative estimate of drug-likeness (QED) is 0.762. The molecule has 3 aromatic rings. The summed E-state index contributed by atoms with van der Waals surface area (Å²) in [6.07, 6.45) is 3.55. The summed E-state index contributed by atoms with van der Waals surface area (Å²) in [4.78, 5) is 8.77. The molecule has 21 heavy (non-hydrogen) atoms. The summed E-state index contributed by atoms with van der Waals surface area (Å²) in [7, 11) is 1.67. The number of aryl methyl sites for hydroxylation is 1. The van der Waals surface area contributed by atoms with Crippen molar-refractivity contribution in [3.8, 4) is 5.75 Å². The molecule has 0 unspecified atom stereocenters. The van der Waals surface area contributed by atoms with Gasteiger partial charge < -0.3 is 10.1 Å². The van der Waals surface area contributed by atoms with Gasteiger partial charge in [-0.15, -0.1) is 0 Å². The summed E-state index contributed by atoms with van der Waals surface area (Å²) in [5.41, 5.74) is 4.69. The number of hydrogen-bond acceptors (Lipinski definition) is 4. The van der Waals surface area contributed by atoms with Crippen molar-refractivity contribution in [2.45, 2.75) is 6.92 Å². The first-order chi connectivity index (χ1) is 10.2. The fourth-order valence-corrected chi connectivity index (χ4v) is 2.54. The van der Waals surface area contributed by atoms with E-state index in [1.807, 2.05) is 37.3 Å². The Morgan fingerprint density at radius 1 is 1.14 bits per heavy atom. The number of benzene rings is 1. The summed E-state index contributed by atoms with van der Waals surface area (Å²) >= 11 is 3.41. The fraction of sp³-hybridized carbons (Fsp3) is 0.125. The summed E-state index contributed by atoms with van der Waals surface area (Å²) in [6, 6.07) is 9.85. The number of nitrogens with zero attached hydrogens (tertiary/aromatic N) is 2. The van der Waals surface area contributed by atoms with Crippen LogP contribution in [0.4, 0.5) is 11.4 Å². The van der Waals surface area contributed by atoms with Crippen LogP contribution in [0.25, 0.3) is 11.0 Å². The molecular weight excluding hydrogens is 330 g/mol. The van der Waals surface area contributed by atoms with E-state index in [2.05, 4.69) is 31.2 Å². The summed E-state index contributed by atoms with van der Waals surface area (Å²) in [5.74, 6) is 0.877. The number of pyridine rings is 2. The molecule has 1 aromatic carbocycles. The average molecular weight is 344 g/mol. The molecule has 106 valence electrons. The number of nitrogens with one attached hydrogen (secondary N) is 1. The van der Waals surface area contributed by atoms with Crippen molar-refractivity contribution < 1.29 is 4.74 Å². The van der Waals surface area contributed by atoms with Gasteiger partial charge in [0.15, 0.2) is 0 Å². The second-order valence-corrected chi connectivity index (χ2v) is 5.60. The van der Waals surface area contributed by atoms with Crippen LogP contribution in [0, 0.1) is 6.92 Å². The van der Waals surface area contributed by atoms with E-state index in [0.29, 0.717) is 0 Å². The molecule has 0 aliphatic carbocycles. The van der Waals surface area contributed by atoms with Crippen molar-refractivity contribution >= 4 is 38.3 Å². The number of halogens is 1. The van der Waals surface area contributed by atoms with Crippen molar-refractivity contribution in [3.05, 3.63) is 52.8 Å². The molecule has 2 aromatic heterocycles. The van der Waals surface area contributed by atoms with Gasteiger partial charge >= 0.3 is 0 Å². The molecule has 5 heteroatoms. The Morgan fingerprint density at radius 2 is 2.00 bits per heavy atom. The maximum Gasteiger partial charge on any atom is 0.121 e. The zero-order valence-corrected chi connectivity index (χ0v) is 13.3. The molecular formula is C16H14BrN3O. The molecule has 2 heterocycles. The third-order valence-corrected chi connectivity index (χ3v) is 3.65. The predicted molar refractivity (Wildman–Crippen MR) is 88.3 cm³/mol. The standard InChI is InChI=1S/C16H14BrN3O/c1-10-7-12(3-4-15(10)21-2)20-13-5-6-18-14-8-11(17)9-19-16(13)14/h3-9H,1-2H3,(H,18,20). The lowest BCUT2D eigenvalue weighted by molar-refractivity contribution is 0.412. The predicted octanol–water partition coefficient (Wildman–Crippen LogP) is 4.45. The number of aromatic nitrogens is 2. The number of hydrogen-bond donors (Lipinski definition) is 1. The normalized spacial score (nSPS) is 10.6. The number of fused-ring (bicyclic) bond motifs is 1. The lowest BCUT2D eigenvalue weighted by Crippen LogP contribution is -1.95. The van der Waals surface area contributed by atoms with Crippen molar-refractivity contribution in [2.75, 3.05) is 12.4 Å². The van der Waals surface area contributed by atoms with E-state index < -0.39 is 0 Å². The Hall–Kier alpha value is -2.14. The van der Waals surface area contributed by atoms with Gasteiger partial charge in [0.2, 0.25) is 0 Å². The first-order valence-corrected chi connectivity index (χ1v) is 7.28. The van der Waals surface area contributed by atoms with Crippen LogP contribution < -0.4 is 10.1 Å². The first kappa shape index (κ1) is 13.8. The van der Waals surface area contributed by atoms with Crippen LogP contribution in [-0.4, -0.2) is 17.1 Å². The summed E-state index contributed by atoms with van der Waals surface area (Å²) < 4.78 is 6.19. The van der Waals surface area contributed by atoms with Crippen LogP contribution in [0.2, 0.25) is 0 Å². The van der Waals surface area contributed by atoms with Gasteiger partial charge in [-0.3, -0.25) is 9.97 Å². The van der Waals surface area contributed by atoms with Gasteiger partial charge in [0, 0.05) is 22.6 Å². The highest BCUT2D eigenvalue weighted by atomic mass is 79.9. The van der Waals surface area contributed by atoms with E-state index in [1.54, 1.807) is 19.5 Å². The molecule has 0 atom stereocenters. The minimum atomic E-state index is 0.842. The van der Waals surface area contributed by atoms with Gasteiger partial charge in [0.1, 0.15) is 11.3 Å². The zero-order valence-electron chi connectivity index (χ0n) is 11.7. The summed E-state index contributed by atoms with van der Waals surface area (Å²) in [5, 5.41) is 3.39. The Bertz CT molecular complexity index is 805. The molecule has 0 aliphatic rings. The van der Waals surface area contributed by atoms with Gasteiger partial charge in [-0.2, -0.15) is 0 Å². The Kier molecular flexibility index (Phi) is 3.75. The van der Waals surface area contributed by atoms with E-state index in [4.69, 9.17) is 4.74 Å². The molecule has 4 nitrogen and oxygen atoms in total. The van der Waals surface area contributed by atoms with Crippen LogP contribution in [0.5, 0.6) is 5.75 Å². The fourth-order valence-electron chi connectivity index (χ4n) is 2.22. The van der Waals surface area contributed by atoms with E-state index in [-0.39, 0.29) is 0 Å². The maximum absolute atomic E-state index is 5.28. The molecule has 0 bridgehead atoms. The highest BCUT2D eigenvalue weighted by Gasteiger charge is 2.06. The number of anilines is 2. The minimum Gasteiger partial charge on any atom is -0.496 e. The molecule has 1 N–H and O–H groups in total. The largest absolute Gasteiger partial charge is 0.496 e. The second kappa shape index (κ2) is 5.69. The third kappa shape index (κ3) is 2.83. The molecule has 0 amide bonds. The van der Waals surface area contributed by atoms with Crippen LogP contribution in [0.3, 0.4) is 0 Å². The monoisotopic (exact) mass is 343 g/mol. The molecule has 0 radical (unpaired) electrons. The first-order valence-electron chi connectivity index (χ1n) is 6.49. The molecule has 0 saturated carbocycles. The van der Waals surface area contributed by atoms with Crippen LogP contribution in [0.1, 0.15) is 5.56 Å². The molecule has 3 rings (SSSR count). The Labute approximate surface area is 131 Å². The van der Waals surface area contributed by atoms with Gasteiger partial charge in [0.05, 0.1) is 18.3 Å². The van der Waals surface area contributed by atoms with Gasteiger partial charge in [-0.1, -0.05) is 0 Å².